The summed E-state index contributed by atoms with van der Waals surface area (Å²) in [6, 6.07) is 6.79. The second-order valence-electron chi connectivity index (χ2n) is 4.67. The first-order chi connectivity index (χ1) is 9.04. The van der Waals surface area contributed by atoms with Gasteiger partial charge in [-0.15, -0.1) is 0 Å². The SMILES string of the molecule is COC(C)C(=O)N1Cc2ccccc2C[C@@H]1C(=O)O. The number of carbonyl (C=O) groups is 2. The Kier molecular flexibility index (Phi) is 3.85. The predicted molar refractivity (Wildman–Crippen MR) is 68.6 cm³/mol. The number of ether oxygens (including phenoxy) is 1. The first-order valence-electron chi connectivity index (χ1n) is 6.17. The van der Waals surface area contributed by atoms with Crippen molar-refractivity contribution in [2.75, 3.05) is 7.11 Å². The maximum absolute atomic E-state index is 12.2. The van der Waals surface area contributed by atoms with Crippen LogP contribution in [0.2, 0.25) is 0 Å². The van der Waals surface area contributed by atoms with E-state index in [1.54, 1.807) is 6.92 Å². The van der Waals surface area contributed by atoms with Crippen LogP contribution in [-0.4, -0.2) is 41.1 Å². The minimum atomic E-state index is -0.980. The van der Waals surface area contributed by atoms with Gasteiger partial charge in [0.25, 0.3) is 5.91 Å². The van der Waals surface area contributed by atoms with Gasteiger partial charge >= 0.3 is 5.97 Å². The fraction of sp³-hybridized carbons (Fsp3) is 0.429. The molecule has 0 saturated heterocycles. The van der Waals surface area contributed by atoms with Crippen LogP contribution in [0.15, 0.2) is 24.3 Å². The van der Waals surface area contributed by atoms with Crippen LogP contribution in [-0.2, 0) is 27.3 Å². The maximum Gasteiger partial charge on any atom is 0.326 e. The number of rotatable bonds is 3. The first-order valence-corrected chi connectivity index (χ1v) is 6.17. The van der Waals surface area contributed by atoms with E-state index in [1.807, 2.05) is 24.3 Å². The molecule has 0 spiro atoms. The van der Waals surface area contributed by atoms with E-state index in [0.29, 0.717) is 13.0 Å². The number of carbonyl (C=O) groups excluding carboxylic acids is 1. The van der Waals surface area contributed by atoms with Crippen molar-refractivity contribution in [1.29, 1.82) is 0 Å². The van der Waals surface area contributed by atoms with Gasteiger partial charge in [0, 0.05) is 20.1 Å². The Hall–Kier alpha value is -1.88. The van der Waals surface area contributed by atoms with Crippen molar-refractivity contribution >= 4 is 11.9 Å². The van der Waals surface area contributed by atoms with Crippen LogP contribution in [0.1, 0.15) is 18.1 Å². The van der Waals surface area contributed by atoms with Gasteiger partial charge in [-0.2, -0.15) is 0 Å². The number of aliphatic carboxylic acids is 1. The van der Waals surface area contributed by atoms with Crippen molar-refractivity contribution in [2.24, 2.45) is 0 Å². The van der Waals surface area contributed by atoms with E-state index in [0.717, 1.165) is 11.1 Å². The average Bonchev–Trinajstić information content (AvgIpc) is 2.44. The van der Waals surface area contributed by atoms with Crippen molar-refractivity contribution < 1.29 is 19.4 Å². The number of benzene rings is 1. The lowest BCUT2D eigenvalue weighted by Crippen LogP contribution is -2.51. The molecule has 102 valence electrons. The third kappa shape index (κ3) is 2.61. The number of fused-ring (bicyclic) bond motifs is 1. The number of methoxy groups -OCH3 is 1. The molecule has 1 unspecified atom stereocenters. The van der Waals surface area contributed by atoms with E-state index in [4.69, 9.17) is 4.74 Å². The van der Waals surface area contributed by atoms with E-state index in [1.165, 1.54) is 12.0 Å². The molecular weight excluding hydrogens is 246 g/mol. The molecule has 1 aliphatic heterocycles. The summed E-state index contributed by atoms with van der Waals surface area (Å²) in [5.74, 6) is -1.27. The number of hydrogen-bond donors (Lipinski definition) is 1. The maximum atomic E-state index is 12.2. The molecule has 1 heterocycles. The van der Waals surface area contributed by atoms with Gasteiger partial charge in [-0.05, 0) is 18.1 Å². The summed E-state index contributed by atoms with van der Waals surface area (Å²) in [6.07, 6.45) is -0.291. The highest BCUT2D eigenvalue weighted by molar-refractivity contribution is 5.87. The summed E-state index contributed by atoms with van der Waals surface area (Å²) >= 11 is 0. The van der Waals surface area contributed by atoms with Crippen LogP contribution in [0.3, 0.4) is 0 Å². The molecule has 2 atom stereocenters. The summed E-state index contributed by atoms with van der Waals surface area (Å²) in [7, 11) is 1.44. The van der Waals surface area contributed by atoms with Gasteiger partial charge in [0.05, 0.1) is 0 Å². The Bertz CT molecular complexity index is 500. The van der Waals surface area contributed by atoms with Crippen molar-refractivity contribution in [3.63, 3.8) is 0 Å². The topological polar surface area (TPSA) is 66.8 Å². The van der Waals surface area contributed by atoms with Crippen molar-refractivity contribution in [1.82, 2.24) is 4.90 Å². The van der Waals surface area contributed by atoms with E-state index in [9.17, 15) is 14.7 Å². The summed E-state index contributed by atoms with van der Waals surface area (Å²) in [6.45, 7) is 1.95. The fourth-order valence-corrected chi connectivity index (χ4v) is 2.31. The molecule has 1 aromatic carbocycles. The van der Waals surface area contributed by atoms with Gasteiger partial charge in [-0.1, -0.05) is 24.3 Å². The van der Waals surface area contributed by atoms with Gasteiger partial charge in [-0.3, -0.25) is 4.79 Å². The average molecular weight is 263 g/mol. The molecule has 1 aliphatic rings. The van der Waals surface area contributed by atoms with Crippen molar-refractivity contribution in [3.8, 4) is 0 Å². The monoisotopic (exact) mass is 263 g/mol. The molecule has 2 rings (SSSR count). The number of carboxylic acid groups (broad SMARTS) is 1. The standard InChI is InChI=1S/C14H17NO4/c1-9(19-2)13(16)15-8-11-6-4-3-5-10(11)7-12(15)14(17)18/h3-6,9,12H,7-8H2,1-2H3,(H,17,18)/t9?,12-/m1/s1. The van der Waals surface area contributed by atoms with Gasteiger partial charge < -0.3 is 14.7 Å². The molecular formula is C14H17NO4. The number of amides is 1. The summed E-state index contributed by atoms with van der Waals surface area (Å²) < 4.78 is 5.00. The van der Waals surface area contributed by atoms with E-state index in [2.05, 4.69) is 0 Å². The third-order valence-electron chi connectivity index (χ3n) is 3.52. The van der Waals surface area contributed by atoms with E-state index < -0.39 is 18.1 Å². The molecule has 0 aromatic heterocycles. The largest absolute Gasteiger partial charge is 0.480 e. The molecule has 1 N–H and O–H groups in total. The Labute approximate surface area is 111 Å². The highest BCUT2D eigenvalue weighted by atomic mass is 16.5. The number of nitrogens with zero attached hydrogens (tertiary/aromatic N) is 1. The Morgan fingerprint density at radius 1 is 1.37 bits per heavy atom. The summed E-state index contributed by atoms with van der Waals surface area (Å²) in [5, 5.41) is 9.30. The molecule has 0 bridgehead atoms. The zero-order chi connectivity index (χ0) is 14.0. The van der Waals surface area contributed by atoms with Gasteiger partial charge in [-0.25, -0.2) is 4.79 Å². The molecule has 1 amide bonds. The highest BCUT2D eigenvalue weighted by Crippen LogP contribution is 2.24. The number of hydrogen-bond acceptors (Lipinski definition) is 3. The molecule has 5 heteroatoms. The summed E-state index contributed by atoms with van der Waals surface area (Å²) in [4.78, 5) is 24.9. The minimum Gasteiger partial charge on any atom is -0.480 e. The summed E-state index contributed by atoms with van der Waals surface area (Å²) in [5.41, 5.74) is 1.99. The molecule has 1 aromatic rings. The lowest BCUT2D eigenvalue weighted by Gasteiger charge is -2.35. The molecule has 19 heavy (non-hydrogen) atoms. The first kappa shape index (κ1) is 13.5. The van der Waals surface area contributed by atoms with Crippen LogP contribution in [0.5, 0.6) is 0 Å². The van der Waals surface area contributed by atoms with E-state index in [-0.39, 0.29) is 5.91 Å². The van der Waals surface area contributed by atoms with Gasteiger partial charge in [0.1, 0.15) is 12.1 Å². The van der Waals surface area contributed by atoms with E-state index >= 15 is 0 Å². The second-order valence-corrected chi connectivity index (χ2v) is 4.67. The van der Waals surface area contributed by atoms with Crippen molar-refractivity contribution in [3.05, 3.63) is 35.4 Å². The molecule has 0 aliphatic carbocycles. The molecule has 5 nitrogen and oxygen atoms in total. The smallest absolute Gasteiger partial charge is 0.326 e. The zero-order valence-corrected chi connectivity index (χ0v) is 11.0. The molecule has 0 fully saturated rings. The van der Waals surface area contributed by atoms with Crippen LogP contribution < -0.4 is 0 Å². The van der Waals surface area contributed by atoms with Crippen LogP contribution >= 0.6 is 0 Å². The normalized spacial score (nSPS) is 19.7. The van der Waals surface area contributed by atoms with Crippen LogP contribution in [0.4, 0.5) is 0 Å². The minimum absolute atomic E-state index is 0.288. The van der Waals surface area contributed by atoms with Gasteiger partial charge in [0.2, 0.25) is 0 Å². The zero-order valence-electron chi connectivity index (χ0n) is 11.0. The Balaban J connectivity index is 2.31. The van der Waals surface area contributed by atoms with Crippen molar-refractivity contribution in [2.45, 2.75) is 32.0 Å². The quantitative estimate of drug-likeness (QED) is 0.885. The van der Waals surface area contributed by atoms with Crippen LogP contribution in [0, 0.1) is 0 Å². The Morgan fingerprint density at radius 2 is 2.00 bits per heavy atom. The molecule has 0 saturated carbocycles. The second kappa shape index (κ2) is 5.40. The lowest BCUT2D eigenvalue weighted by molar-refractivity contribution is -0.156. The highest BCUT2D eigenvalue weighted by Gasteiger charge is 2.36. The number of carboxylic acids is 1. The Morgan fingerprint density at radius 3 is 2.58 bits per heavy atom. The van der Waals surface area contributed by atoms with Crippen LogP contribution in [0.25, 0.3) is 0 Å². The fourth-order valence-electron chi connectivity index (χ4n) is 2.31. The third-order valence-corrected chi connectivity index (χ3v) is 3.52. The lowest BCUT2D eigenvalue weighted by atomic mass is 9.93. The predicted octanol–water partition coefficient (Wildman–Crippen LogP) is 1.06. The van der Waals surface area contributed by atoms with Gasteiger partial charge in [0.15, 0.2) is 0 Å². The molecule has 0 radical (unpaired) electrons.